The molecule has 2 rings (SSSR count). The summed E-state index contributed by atoms with van der Waals surface area (Å²) >= 11 is 0. The fraction of sp³-hybridized carbons (Fsp3) is 0. The number of rotatable bonds is 0. The molecule has 0 aliphatic carbocycles. The third-order valence-electron chi connectivity index (χ3n) is 1.41. The van der Waals surface area contributed by atoms with Crippen LogP contribution in [0.3, 0.4) is 0 Å². The van der Waals surface area contributed by atoms with Crippen molar-refractivity contribution in [2.75, 3.05) is 0 Å². The van der Waals surface area contributed by atoms with Gasteiger partial charge in [-0.05, 0) is 12.1 Å². The van der Waals surface area contributed by atoms with Crippen LogP contribution in [0.2, 0.25) is 0 Å². The monoisotopic (exact) mass is 134 g/mol. The molecule has 0 aliphatic rings. The Kier molecular flexibility index (Phi) is 0.917. The van der Waals surface area contributed by atoms with Crippen molar-refractivity contribution in [1.82, 2.24) is 9.61 Å². The number of aromatic hydroxyl groups is 1. The molecule has 0 atom stereocenters. The zero-order valence-corrected chi connectivity index (χ0v) is 5.23. The molecule has 2 aromatic rings. The van der Waals surface area contributed by atoms with Crippen molar-refractivity contribution in [2.24, 2.45) is 0 Å². The fourth-order valence-electron chi connectivity index (χ4n) is 0.921. The molecule has 10 heavy (non-hydrogen) atoms. The Labute approximate surface area is 57.5 Å². The van der Waals surface area contributed by atoms with Gasteiger partial charge in [-0.1, -0.05) is 6.07 Å². The molecule has 0 aliphatic heterocycles. The van der Waals surface area contributed by atoms with Crippen LogP contribution in [-0.2, 0) is 0 Å². The number of aromatic nitrogens is 2. The van der Waals surface area contributed by atoms with E-state index in [1.54, 1.807) is 10.7 Å². The maximum Gasteiger partial charge on any atom is 0.161 e. The van der Waals surface area contributed by atoms with Crippen LogP contribution in [0.4, 0.5) is 0 Å². The van der Waals surface area contributed by atoms with Gasteiger partial charge in [0.15, 0.2) is 5.75 Å². The van der Waals surface area contributed by atoms with Crippen LogP contribution in [0.1, 0.15) is 0 Å². The van der Waals surface area contributed by atoms with E-state index in [0.717, 1.165) is 5.52 Å². The highest BCUT2D eigenvalue weighted by Crippen LogP contribution is 2.15. The van der Waals surface area contributed by atoms with Gasteiger partial charge in [-0.15, -0.1) is 0 Å². The molecule has 2 aromatic heterocycles. The molecule has 0 fully saturated rings. The van der Waals surface area contributed by atoms with E-state index in [1.165, 1.54) is 6.20 Å². The molecule has 0 radical (unpaired) electrons. The average molecular weight is 134 g/mol. The van der Waals surface area contributed by atoms with Crippen molar-refractivity contribution in [3.8, 4) is 5.75 Å². The van der Waals surface area contributed by atoms with Crippen LogP contribution in [0.25, 0.3) is 5.52 Å². The zero-order chi connectivity index (χ0) is 6.97. The van der Waals surface area contributed by atoms with Gasteiger partial charge >= 0.3 is 0 Å². The van der Waals surface area contributed by atoms with Crippen molar-refractivity contribution in [3.05, 3.63) is 30.6 Å². The third-order valence-corrected chi connectivity index (χ3v) is 1.41. The van der Waals surface area contributed by atoms with Gasteiger partial charge in [0.05, 0.1) is 6.20 Å². The Morgan fingerprint density at radius 2 is 2.30 bits per heavy atom. The minimum atomic E-state index is 0.223. The van der Waals surface area contributed by atoms with Crippen molar-refractivity contribution in [3.63, 3.8) is 0 Å². The molecule has 3 heteroatoms. The van der Waals surface area contributed by atoms with Gasteiger partial charge in [0.1, 0.15) is 5.52 Å². The molecule has 50 valence electrons. The number of hydrogen-bond donors (Lipinski definition) is 1. The summed E-state index contributed by atoms with van der Waals surface area (Å²) in [6.45, 7) is 0. The predicted octanol–water partition coefficient (Wildman–Crippen LogP) is 1.04. The van der Waals surface area contributed by atoms with Crippen molar-refractivity contribution in [1.29, 1.82) is 0 Å². The fourth-order valence-corrected chi connectivity index (χ4v) is 0.921. The van der Waals surface area contributed by atoms with E-state index in [2.05, 4.69) is 5.10 Å². The van der Waals surface area contributed by atoms with Gasteiger partial charge < -0.3 is 5.11 Å². The molecule has 0 saturated heterocycles. The highest BCUT2D eigenvalue weighted by Gasteiger charge is 1.97. The summed E-state index contributed by atoms with van der Waals surface area (Å²) < 4.78 is 1.62. The molecule has 0 spiro atoms. The van der Waals surface area contributed by atoms with E-state index < -0.39 is 0 Å². The first-order valence-corrected chi connectivity index (χ1v) is 2.99. The second-order valence-corrected chi connectivity index (χ2v) is 2.06. The van der Waals surface area contributed by atoms with Crippen LogP contribution < -0.4 is 0 Å². The van der Waals surface area contributed by atoms with E-state index in [0.29, 0.717) is 0 Å². The number of nitrogens with zero attached hydrogens (tertiary/aromatic N) is 2. The van der Waals surface area contributed by atoms with Gasteiger partial charge in [-0.3, -0.25) is 0 Å². The quantitative estimate of drug-likeness (QED) is 0.584. The first-order valence-electron chi connectivity index (χ1n) is 2.99. The third kappa shape index (κ3) is 0.572. The topological polar surface area (TPSA) is 37.5 Å². The molecular formula is C7H6N2O. The number of hydrogen-bond acceptors (Lipinski definition) is 2. The lowest BCUT2D eigenvalue weighted by molar-refractivity contribution is 0.481. The molecule has 1 N–H and O–H groups in total. The lowest BCUT2D eigenvalue weighted by Crippen LogP contribution is -1.81. The normalized spacial score (nSPS) is 10.4. The molecule has 0 amide bonds. The second-order valence-electron chi connectivity index (χ2n) is 2.06. The van der Waals surface area contributed by atoms with E-state index >= 15 is 0 Å². The highest BCUT2D eigenvalue weighted by atomic mass is 16.3. The summed E-state index contributed by atoms with van der Waals surface area (Å²) in [7, 11) is 0. The van der Waals surface area contributed by atoms with Crippen LogP contribution >= 0.6 is 0 Å². The van der Waals surface area contributed by atoms with E-state index in [4.69, 9.17) is 5.11 Å². The van der Waals surface area contributed by atoms with Crippen molar-refractivity contribution < 1.29 is 5.11 Å². The van der Waals surface area contributed by atoms with Gasteiger partial charge in [0, 0.05) is 6.20 Å². The summed E-state index contributed by atoms with van der Waals surface area (Å²) in [5, 5.41) is 13.0. The zero-order valence-electron chi connectivity index (χ0n) is 5.23. The minimum absolute atomic E-state index is 0.223. The summed E-state index contributed by atoms with van der Waals surface area (Å²) in [6.07, 6.45) is 3.21. The molecular weight excluding hydrogens is 128 g/mol. The molecule has 2 heterocycles. The predicted molar refractivity (Wildman–Crippen MR) is 36.9 cm³/mol. The van der Waals surface area contributed by atoms with Crippen molar-refractivity contribution in [2.45, 2.75) is 0 Å². The lowest BCUT2D eigenvalue weighted by Gasteiger charge is -1.88. The number of fused-ring (bicyclic) bond motifs is 1. The van der Waals surface area contributed by atoms with Gasteiger partial charge in [-0.25, -0.2) is 4.52 Å². The maximum atomic E-state index is 9.13. The van der Waals surface area contributed by atoms with E-state index in [-0.39, 0.29) is 5.75 Å². The molecule has 3 nitrogen and oxygen atoms in total. The first kappa shape index (κ1) is 5.29. The Bertz CT molecular complexity index is 353. The van der Waals surface area contributed by atoms with Gasteiger partial charge in [0.25, 0.3) is 0 Å². The van der Waals surface area contributed by atoms with Crippen LogP contribution in [0.5, 0.6) is 5.75 Å². The number of pyridine rings is 1. The largest absolute Gasteiger partial charge is 0.504 e. The minimum Gasteiger partial charge on any atom is -0.504 e. The second kappa shape index (κ2) is 1.73. The Hall–Kier alpha value is -1.51. The first-order chi connectivity index (χ1) is 4.88. The highest BCUT2D eigenvalue weighted by molar-refractivity contribution is 5.57. The maximum absolute atomic E-state index is 9.13. The molecule has 0 saturated carbocycles. The SMILES string of the molecule is Oc1cnn2ccccc12. The van der Waals surface area contributed by atoms with Gasteiger partial charge in [-0.2, -0.15) is 5.10 Å². The molecule has 0 bridgehead atoms. The molecule has 0 unspecified atom stereocenters. The Balaban J connectivity index is 2.93. The van der Waals surface area contributed by atoms with Crippen LogP contribution in [0, 0.1) is 0 Å². The summed E-state index contributed by atoms with van der Waals surface area (Å²) in [5.41, 5.74) is 0.738. The lowest BCUT2D eigenvalue weighted by atomic mass is 10.4. The van der Waals surface area contributed by atoms with Crippen LogP contribution in [-0.4, -0.2) is 14.7 Å². The van der Waals surface area contributed by atoms with E-state index in [1.807, 2.05) is 18.2 Å². The van der Waals surface area contributed by atoms with Crippen LogP contribution in [0.15, 0.2) is 30.6 Å². The average Bonchev–Trinajstić information content (AvgIpc) is 2.34. The summed E-state index contributed by atoms with van der Waals surface area (Å²) in [5.74, 6) is 0.223. The summed E-state index contributed by atoms with van der Waals surface area (Å²) in [4.78, 5) is 0. The van der Waals surface area contributed by atoms with E-state index in [9.17, 15) is 0 Å². The Morgan fingerprint density at radius 1 is 1.40 bits per heavy atom. The summed E-state index contributed by atoms with van der Waals surface area (Å²) in [6, 6.07) is 5.53. The molecule has 0 aromatic carbocycles. The van der Waals surface area contributed by atoms with Gasteiger partial charge in [0.2, 0.25) is 0 Å². The standard InChI is InChI=1S/C7H6N2O/c10-7-5-8-9-4-2-1-3-6(7)9/h1-5,10H. The smallest absolute Gasteiger partial charge is 0.161 e. The Morgan fingerprint density at radius 3 is 3.10 bits per heavy atom. The van der Waals surface area contributed by atoms with Crippen molar-refractivity contribution >= 4 is 5.52 Å².